The zero-order valence-electron chi connectivity index (χ0n) is 9.96. The molecule has 2 atom stereocenters. The van der Waals surface area contributed by atoms with Crippen molar-refractivity contribution in [3.63, 3.8) is 0 Å². The number of nitrogens with two attached hydrogens (primary N) is 1. The third-order valence-corrected chi connectivity index (χ3v) is 4.44. The minimum atomic E-state index is 0.00974. The Balaban J connectivity index is 1.85. The number of anilines is 1. The Kier molecular flexibility index (Phi) is 4.12. The summed E-state index contributed by atoms with van der Waals surface area (Å²) < 4.78 is 7.17. The molecule has 1 aliphatic rings. The highest BCUT2D eigenvalue weighted by molar-refractivity contribution is 7.99. The van der Waals surface area contributed by atoms with E-state index in [2.05, 4.69) is 6.92 Å². The van der Waals surface area contributed by atoms with Gasteiger partial charge in [0, 0.05) is 42.1 Å². The number of aromatic nitrogens is 1. The van der Waals surface area contributed by atoms with Crippen LogP contribution in [0.25, 0.3) is 0 Å². The van der Waals surface area contributed by atoms with Crippen molar-refractivity contribution >= 4 is 17.4 Å². The average molecular weight is 254 g/mol. The third kappa shape index (κ3) is 3.26. The van der Waals surface area contributed by atoms with Crippen molar-refractivity contribution in [1.29, 1.82) is 0 Å². The first-order chi connectivity index (χ1) is 8.16. The molecule has 1 saturated heterocycles. The SMILES string of the molecule is CC1OCCC1SCCn1cc(N)ccc1=O. The molecule has 94 valence electrons. The highest BCUT2D eigenvalue weighted by Gasteiger charge is 2.23. The summed E-state index contributed by atoms with van der Waals surface area (Å²) in [6.45, 7) is 3.67. The van der Waals surface area contributed by atoms with Crippen LogP contribution in [0.15, 0.2) is 23.1 Å². The van der Waals surface area contributed by atoms with Crippen LogP contribution in [0.3, 0.4) is 0 Å². The molecule has 0 amide bonds. The van der Waals surface area contributed by atoms with Crippen LogP contribution in [-0.4, -0.2) is 28.3 Å². The largest absolute Gasteiger partial charge is 0.398 e. The minimum Gasteiger partial charge on any atom is -0.398 e. The average Bonchev–Trinajstić information content (AvgIpc) is 2.70. The van der Waals surface area contributed by atoms with E-state index in [1.807, 2.05) is 11.8 Å². The van der Waals surface area contributed by atoms with E-state index >= 15 is 0 Å². The maximum absolute atomic E-state index is 11.5. The maximum Gasteiger partial charge on any atom is 0.250 e. The summed E-state index contributed by atoms with van der Waals surface area (Å²) in [6, 6.07) is 3.15. The highest BCUT2D eigenvalue weighted by Crippen LogP contribution is 2.26. The fraction of sp³-hybridized carbons (Fsp3) is 0.583. The summed E-state index contributed by atoms with van der Waals surface area (Å²) in [5, 5.41) is 0.562. The number of aryl methyl sites for hydroxylation is 1. The fourth-order valence-electron chi connectivity index (χ4n) is 1.96. The molecule has 0 aliphatic carbocycles. The van der Waals surface area contributed by atoms with Gasteiger partial charge >= 0.3 is 0 Å². The summed E-state index contributed by atoms with van der Waals surface area (Å²) in [6.07, 6.45) is 3.15. The van der Waals surface area contributed by atoms with Gasteiger partial charge in [0.2, 0.25) is 0 Å². The lowest BCUT2D eigenvalue weighted by Gasteiger charge is -2.13. The van der Waals surface area contributed by atoms with Crippen molar-refractivity contribution in [2.75, 3.05) is 18.1 Å². The van der Waals surface area contributed by atoms with Gasteiger partial charge in [-0.25, -0.2) is 0 Å². The molecule has 2 heterocycles. The zero-order valence-corrected chi connectivity index (χ0v) is 10.8. The van der Waals surface area contributed by atoms with Crippen molar-refractivity contribution in [3.8, 4) is 0 Å². The summed E-state index contributed by atoms with van der Waals surface area (Å²) in [4.78, 5) is 11.5. The van der Waals surface area contributed by atoms with Crippen LogP contribution >= 0.6 is 11.8 Å². The van der Waals surface area contributed by atoms with Gasteiger partial charge in [0.05, 0.1) is 6.10 Å². The number of hydrogen-bond acceptors (Lipinski definition) is 4. The standard InChI is InChI=1S/C12H18N2O2S/c1-9-11(4-6-16-9)17-7-5-14-8-10(13)2-3-12(14)15/h2-3,8-9,11H,4-7,13H2,1H3. The van der Waals surface area contributed by atoms with Gasteiger partial charge in [-0.3, -0.25) is 4.79 Å². The highest BCUT2D eigenvalue weighted by atomic mass is 32.2. The molecule has 1 fully saturated rings. The lowest BCUT2D eigenvalue weighted by atomic mass is 10.3. The molecule has 1 aromatic rings. The monoisotopic (exact) mass is 254 g/mol. The number of nitrogen functional groups attached to an aromatic ring is 1. The van der Waals surface area contributed by atoms with E-state index in [-0.39, 0.29) is 5.56 Å². The number of nitrogens with zero attached hydrogens (tertiary/aromatic N) is 1. The number of hydrogen-bond donors (Lipinski definition) is 1. The van der Waals surface area contributed by atoms with Crippen LogP contribution in [0.2, 0.25) is 0 Å². The molecule has 0 radical (unpaired) electrons. The summed E-state index contributed by atoms with van der Waals surface area (Å²) in [5.41, 5.74) is 6.30. The van der Waals surface area contributed by atoms with Crippen LogP contribution in [0.1, 0.15) is 13.3 Å². The van der Waals surface area contributed by atoms with Crippen LogP contribution in [0.4, 0.5) is 5.69 Å². The molecule has 2 N–H and O–H groups in total. The van der Waals surface area contributed by atoms with Gasteiger partial charge in [-0.1, -0.05) is 0 Å². The van der Waals surface area contributed by atoms with E-state index in [4.69, 9.17) is 10.5 Å². The third-order valence-electron chi connectivity index (χ3n) is 2.98. The number of ether oxygens (including phenoxy) is 1. The molecular weight excluding hydrogens is 236 g/mol. The normalized spacial score (nSPS) is 24.1. The van der Waals surface area contributed by atoms with E-state index in [1.54, 1.807) is 16.8 Å². The molecule has 1 aromatic heterocycles. The Labute approximate surface area is 105 Å². The number of rotatable bonds is 4. The van der Waals surface area contributed by atoms with E-state index in [9.17, 15) is 4.79 Å². The summed E-state index contributed by atoms with van der Waals surface area (Å²) >= 11 is 1.88. The molecular formula is C12H18N2O2S. The van der Waals surface area contributed by atoms with Gasteiger partial charge in [-0.05, 0) is 19.4 Å². The second kappa shape index (κ2) is 5.60. The van der Waals surface area contributed by atoms with E-state index in [0.29, 0.717) is 23.6 Å². The van der Waals surface area contributed by atoms with E-state index < -0.39 is 0 Å². The van der Waals surface area contributed by atoms with Crippen LogP contribution in [-0.2, 0) is 11.3 Å². The second-order valence-electron chi connectivity index (χ2n) is 4.27. The molecule has 0 bridgehead atoms. The van der Waals surface area contributed by atoms with Crippen LogP contribution < -0.4 is 11.3 Å². The quantitative estimate of drug-likeness (QED) is 0.881. The van der Waals surface area contributed by atoms with E-state index in [0.717, 1.165) is 18.8 Å². The molecule has 0 spiro atoms. The Morgan fingerprint density at radius 1 is 1.59 bits per heavy atom. The Hall–Kier alpha value is -0.940. The van der Waals surface area contributed by atoms with E-state index in [1.165, 1.54) is 6.07 Å². The molecule has 0 aromatic carbocycles. The van der Waals surface area contributed by atoms with Crippen molar-refractivity contribution < 1.29 is 4.74 Å². The number of thioether (sulfide) groups is 1. The second-order valence-corrected chi connectivity index (χ2v) is 5.61. The minimum absolute atomic E-state index is 0.00974. The fourth-order valence-corrected chi connectivity index (χ4v) is 3.18. The Morgan fingerprint density at radius 2 is 2.41 bits per heavy atom. The Bertz CT molecular complexity index is 433. The predicted octanol–water partition coefficient (Wildman–Crippen LogP) is 1.34. The number of pyridine rings is 1. The van der Waals surface area contributed by atoms with Crippen LogP contribution in [0.5, 0.6) is 0 Å². The molecule has 4 nitrogen and oxygen atoms in total. The lowest BCUT2D eigenvalue weighted by Crippen LogP contribution is -2.21. The van der Waals surface area contributed by atoms with Gasteiger partial charge in [0.1, 0.15) is 0 Å². The first-order valence-electron chi connectivity index (χ1n) is 5.86. The maximum atomic E-state index is 11.5. The predicted molar refractivity (Wildman–Crippen MR) is 71.4 cm³/mol. The van der Waals surface area contributed by atoms with Crippen molar-refractivity contribution in [2.24, 2.45) is 0 Å². The lowest BCUT2D eigenvalue weighted by molar-refractivity contribution is 0.127. The topological polar surface area (TPSA) is 57.2 Å². The first-order valence-corrected chi connectivity index (χ1v) is 6.91. The summed E-state index contributed by atoms with van der Waals surface area (Å²) in [5.74, 6) is 0.918. The van der Waals surface area contributed by atoms with Gasteiger partial charge in [0.25, 0.3) is 5.56 Å². The van der Waals surface area contributed by atoms with Crippen molar-refractivity contribution in [2.45, 2.75) is 31.2 Å². The van der Waals surface area contributed by atoms with Gasteiger partial charge in [-0.2, -0.15) is 11.8 Å². The van der Waals surface area contributed by atoms with Gasteiger partial charge in [-0.15, -0.1) is 0 Å². The molecule has 1 aliphatic heterocycles. The van der Waals surface area contributed by atoms with Crippen molar-refractivity contribution in [3.05, 3.63) is 28.7 Å². The molecule has 2 unspecified atom stereocenters. The van der Waals surface area contributed by atoms with Gasteiger partial charge in [0.15, 0.2) is 0 Å². The molecule has 5 heteroatoms. The van der Waals surface area contributed by atoms with Gasteiger partial charge < -0.3 is 15.0 Å². The molecule has 2 rings (SSSR count). The van der Waals surface area contributed by atoms with Crippen molar-refractivity contribution in [1.82, 2.24) is 4.57 Å². The summed E-state index contributed by atoms with van der Waals surface area (Å²) in [7, 11) is 0. The zero-order chi connectivity index (χ0) is 12.3. The Morgan fingerprint density at radius 3 is 3.12 bits per heavy atom. The molecule has 0 saturated carbocycles. The first kappa shape index (κ1) is 12.5. The molecule has 17 heavy (non-hydrogen) atoms. The smallest absolute Gasteiger partial charge is 0.250 e. The van der Waals surface area contributed by atoms with Crippen LogP contribution in [0, 0.1) is 0 Å².